The van der Waals surface area contributed by atoms with E-state index in [0.717, 1.165) is 12.2 Å². The number of carboxylic acid groups (broad SMARTS) is 1. The summed E-state index contributed by atoms with van der Waals surface area (Å²) in [5.41, 5.74) is 0.791. The van der Waals surface area contributed by atoms with Crippen molar-refractivity contribution >= 4 is 18.2 Å². The molecule has 0 bridgehead atoms. The molecule has 1 rings (SSSR count). The molecule has 0 saturated carbocycles. The van der Waals surface area contributed by atoms with E-state index in [1.165, 1.54) is 0 Å². The quantitative estimate of drug-likeness (QED) is 0.556. The van der Waals surface area contributed by atoms with Gasteiger partial charge in [0.25, 0.3) is 0 Å². The Kier molecular flexibility index (Phi) is 3.88. The number of hydrogen-bond acceptors (Lipinski definition) is 3. The number of nitrogens with one attached hydrogen (secondary N) is 2. The molecule has 1 aromatic rings. The molecule has 0 saturated heterocycles. The predicted molar refractivity (Wildman–Crippen MR) is 61.1 cm³/mol. The number of carboxylic acids is 1. The summed E-state index contributed by atoms with van der Waals surface area (Å²) in [6.07, 6.45) is 2.09. The van der Waals surface area contributed by atoms with Crippen molar-refractivity contribution in [2.75, 3.05) is 20.6 Å². The zero-order valence-electron chi connectivity index (χ0n) is 9.74. The molecule has 0 aliphatic carbocycles. The van der Waals surface area contributed by atoms with Gasteiger partial charge in [0.2, 0.25) is 0 Å². The first-order chi connectivity index (χ1) is 7.36. The van der Waals surface area contributed by atoms with E-state index in [4.69, 9.17) is 12.2 Å². The second-order valence-corrected chi connectivity index (χ2v) is 4.81. The van der Waals surface area contributed by atoms with Crippen LogP contribution in [0.15, 0.2) is 6.20 Å². The van der Waals surface area contributed by atoms with Crippen molar-refractivity contribution in [3.05, 3.63) is 16.7 Å². The van der Waals surface area contributed by atoms with Gasteiger partial charge in [-0.05, 0) is 19.1 Å². The molecular formula is C10H17N3O2S. The molecule has 2 N–H and O–H groups in total. The summed E-state index contributed by atoms with van der Waals surface area (Å²) in [5.74, 6) is -1.03. The molecule has 1 atom stereocenters. The largest absolute Gasteiger partial charge is 0.544 e. The number of rotatable bonds is 5. The fraction of sp³-hybridized carbons (Fsp3) is 0.600. The monoisotopic (exact) mass is 242 g/mol. The number of imidazole rings is 1. The Morgan fingerprint density at radius 1 is 1.62 bits per heavy atom. The Bertz CT molecular complexity index is 422. The van der Waals surface area contributed by atoms with E-state index in [1.807, 2.05) is 21.0 Å². The summed E-state index contributed by atoms with van der Waals surface area (Å²) in [5, 5.41) is 11.1. The SMILES string of the molecule is C[11CH2][N+](C)(C)[C@@H](Cc1c[nH]c(=S)[nH]1)C(=O)[O-]. The van der Waals surface area contributed by atoms with Gasteiger partial charge in [-0.1, -0.05) is 0 Å². The van der Waals surface area contributed by atoms with Gasteiger partial charge in [0, 0.05) is 18.3 Å². The van der Waals surface area contributed by atoms with Gasteiger partial charge in [-0.15, -0.1) is 0 Å². The van der Waals surface area contributed by atoms with Gasteiger partial charge in [-0.3, -0.25) is 0 Å². The molecule has 0 radical (unpaired) electrons. The fourth-order valence-corrected chi connectivity index (χ4v) is 1.72. The highest BCUT2D eigenvalue weighted by molar-refractivity contribution is 7.71. The summed E-state index contributed by atoms with van der Waals surface area (Å²) in [7, 11) is 3.75. The van der Waals surface area contributed by atoms with Crippen molar-refractivity contribution in [2.45, 2.75) is 19.4 Å². The molecule has 1 heterocycles. The molecule has 0 spiro atoms. The van der Waals surface area contributed by atoms with Crippen LogP contribution < -0.4 is 5.11 Å². The number of aromatic amines is 2. The smallest absolute Gasteiger partial charge is 0.174 e. The molecule has 0 aromatic carbocycles. The number of carbonyl (C=O) groups is 1. The second kappa shape index (κ2) is 4.80. The van der Waals surface area contributed by atoms with Crippen LogP contribution in [0.4, 0.5) is 0 Å². The minimum atomic E-state index is -1.03. The maximum absolute atomic E-state index is 11.1. The highest BCUT2D eigenvalue weighted by atomic mass is 32.1. The fourth-order valence-electron chi connectivity index (χ4n) is 1.53. The van der Waals surface area contributed by atoms with Gasteiger partial charge in [0.15, 0.2) is 4.77 Å². The van der Waals surface area contributed by atoms with E-state index in [9.17, 15) is 9.90 Å². The van der Waals surface area contributed by atoms with E-state index in [2.05, 4.69) is 9.97 Å². The number of nitrogens with zero attached hydrogens (tertiary/aromatic N) is 1. The maximum atomic E-state index is 11.1. The molecule has 6 heteroatoms. The number of aliphatic carboxylic acids is 1. The molecule has 0 aliphatic rings. The Labute approximate surface area is 99.7 Å². The number of H-pyrrole nitrogens is 2. The highest BCUT2D eigenvalue weighted by Crippen LogP contribution is 2.11. The minimum Gasteiger partial charge on any atom is -0.544 e. The number of aromatic nitrogens is 2. The lowest BCUT2D eigenvalue weighted by molar-refractivity contribution is -0.906. The predicted octanol–water partition coefficient (Wildman–Crippen LogP) is -0.170. The molecular weight excluding hydrogens is 225 g/mol. The summed E-state index contributed by atoms with van der Waals surface area (Å²) in [6, 6.07) is -0.577. The van der Waals surface area contributed by atoms with Crippen LogP contribution in [0.25, 0.3) is 0 Å². The average Bonchev–Trinajstić information content (AvgIpc) is 2.60. The molecule has 5 nitrogen and oxygen atoms in total. The van der Waals surface area contributed by atoms with Crippen molar-refractivity contribution in [2.24, 2.45) is 0 Å². The van der Waals surface area contributed by atoms with E-state index in [-0.39, 0.29) is 0 Å². The van der Waals surface area contributed by atoms with Gasteiger partial charge >= 0.3 is 0 Å². The van der Waals surface area contributed by atoms with Gasteiger partial charge in [-0.2, -0.15) is 0 Å². The van der Waals surface area contributed by atoms with Gasteiger partial charge in [-0.25, -0.2) is 0 Å². The maximum Gasteiger partial charge on any atom is 0.174 e. The Morgan fingerprint density at radius 2 is 2.25 bits per heavy atom. The van der Waals surface area contributed by atoms with Crippen LogP contribution in [-0.4, -0.2) is 47.1 Å². The first-order valence-electron chi connectivity index (χ1n) is 5.17. The lowest BCUT2D eigenvalue weighted by atomic mass is 9.96. The first-order valence-corrected chi connectivity index (χ1v) is 5.57. The standard InChI is InChI=1S/C10H17N3O2S/c1-4-13(2,3)8(9(14)15)5-7-6-11-10(16)12-7/h6,8H,4-5H2,1-3H3,(H2-,11,12,14,15,16)/t8-/m0/s1/i4-1. The van der Waals surface area contributed by atoms with Crippen LogP contribution in [0.3, 0.4) is 0 Å². The lowest BCUT2D eigenvalue weighted by Gasteiger charge is -2.37. The van der Waals surface area contributed by atoms with E-state index in [1.54, 1.807) is 6.20 Å². The van der Waals surface area contributed by atoms with Crippen molar-refractivity contribution in [3.8, 4) is 0 Å². The summed E-state index contributed by atoms with van der Waals surface area (Å²) < 4.78 is 0.891. The van der Waals surface area contributed by atoms with Crippen molar-refractivity contribution in [1.82, 2.24) is 9.97 Å². The number of quaternary nitrogens is 1. The van der Waals surface area contributed by atoms with E-state index < -0.39 is 12.0 Å². The first kappa shape index (κ1) is 12.9. The van der Waals surface area contributed by atoms with Crippen molar-refractivity contribution in [3.63, 3.8) is 0 Å². The Morgan fingerprint density at radius 3 is 2.62 bits per heavy atom. The highest BCUT2D eigenvalue weighted by Gasteiger charge is 2.28. The van der Waals surface area contributed by atoms with Crippen molar-refractivity contribution in [1.29, 1.82) is 0 Å². The van der Waals surface area contributed by atoms with E-state index in [0.29, 0.717) is 15.7 Å². The Hall–Kier alpha value is -1.14. The second-order valence-electron chi connectivity index (χ2n) is 4.40. The molecule has 0 amide bonds. The third kappa shape index (κ3) is 2.93. The topological polar surface area (TPSA) is 71.7 Å². The number of hydrogen-bond donors (Lipinski definition) is 2. The molecule has 0 fully saturated rings. The molecule has 1 aromatic heterocycles. The molecule has 90 valence electrons. The summed E-state index contributed by atoms with van der Waals surface area (Å²) in [6.45, 7) is 2.68. The summed E-state index contributed by atoms with van der Waals surface area (Å²) >= 11 is 4.89. The summed E-state index contributed by atoms with van der Waals surface area (Å²) in [4.78, 5) is 16.9. The van der Waals surface area contributed by atoms with Crippen LogP contribution in [0, 0.1) is 4.77 Å². The van der Waals surface area contributed by atoms with Crippen LogP contribution >= 0.6 is 12.2 Å². The zero-order valence-corrected chi connectivity index (χ0v) is 10.6. The molecule has 0 unspecified atom stereocenters. The van der Waals surface area contributed by atoms with Gasteiger partial charge in [0.1, 0.15) is 6.04 Å². The number of likely N-dealkylation sites (N-methyl/N-ethyl adjacent to an activating group) is 1. The Balaban J connectivity index is 2.88. The third-order valence-corrected chi connectivity index (χ3v) is 3.22. The van der Waals surface area contributed by atoms with Crippen LogP contribution in [0.5, 0.6) is 0 Å². The lowest BCUT2D eigenvalue weighted by Crippen LogP contribution is -2.58. The molecule has 16 heavy (non-hydrogen) atoms. The zero-order chi connectivity index (χ0) is 12.3. The van der Waals surface area contributed by atoms with Crippen LogP contribution in [0.1, 0.15) is 12.6 Å². The van der Waals surface area contributed by atoms with Gasteiger partial charge < -0.3 is 24.4 Å². The molecule has 0 aliphatic heterocycles. The van der Waals surface area contributed by atoms with Crippen molar-refractivity contribution < 1.29 is 14.4 Å². The minimum absolute atomic E-state index is 0.383. The normalized spacial score (nSPS) is 13.7. The van der Waals surface area contributed by atoms with Crippen LogP contribution in [-0.2, 0) is 11.2 Å². The van der Waals surface area contributed by atoms with E-state index >= 15 is 0 Å². The van der Waals surface area contributed by atoms with Crippen LogP contribution in [0.2, 0.25) is 0 Å². The van der Waals surface area contributed by atoms with Gasteiger partial charge in [0.05, 0.1) is 26.6 Å². The number of carbonyl (C=O) groups excluding carboxylic acids is 1. The average molecular weight is 242 g/mol. The third-order valence-electron chi connectivity index (χ3n) is 3.00.